The summed E-state index contributed by atoms with van der Waals surface area (Å²) in [6.45, 7) is 1.92. The maximum absolute atomic E-state index is 9.30. The molecular weight excluding hydrogens is 202 g/mol. The van der Waals surface area contributed by atoms with Gasteiger partial charge < -0.3 is 9.84 Å². The average Bonchev–Trinajstić information content (AvgIpc) is 2.30. The molecule has 0 aliphatic heterocycles. The van der Waals surface area contributed by atoms with Crippen molar-refractivity contribution in [2.75, 3.05) is 0 Å². The van der Waals surface area contributed by atoms with Crippen molar-refractivity contribution in [2.24, 2.45) is 0 Å². The molecule has 16 heavy (non-hydrogen) atoms. The lowest BCUT2D eigenvalue weighted by molar-refractivity contribution is 0.221. The first kappa shape index (κ1) is 10.5. The fraction of sp³-hybridized carbons (Fsp3) is 0.154. The van der Waals surface area contributed by atoms with E-state index in [0.29, 0.717) is 5.75 Å². The van der Waals surface area contributed by atoms with Gasteiger partial charge in [-0.15, -0.1) is 0 Å². The fourth-order valence-corrected chi connectivity index (χ4v) is 1.44. The molecule has 0 saturated carbocycles. The molecule has 0 spiro atoms. The Kier molecular flexibility index (Phi) is 3.05. The first-order valence-electron chi connectivity index (χ1n) is 5.12. The van der Waals surface area contributed by atoms with Crippen molar-refractivity contribution in [3.05, 3.63) is 54.4 Å². The van der Waals surface area contributed by atoms with Crippen molar-refractivity contribution in [2.45, 2.75) is 13.0 Å². The molecule has 0 amide bonds. The summed E-state index contributed by atoms with van der Waals surface area (Å²) in [6.07, 6.45) is 1.60. The Hall–Kier alpha value is -2.03. The van der Waals surface area contributed by atoms with E-state index in [1.54, 1.807) is 30.5 Å². The topological polar surface area (TPSA) is 42.4 Å². The molecule has 0 aliphatic rings. The highest BCUT2D eigenvalue weighted by Crippen LogP contribution is 2.23. The van der Waals surface area contributed by atoms with Gasteiger partial charge in [-0.05, 0) is 31.2 Å². The second kappa shape index (κ2) is 4.66. The summed E-state index contributed by atoms with van der Waals surface area (Å²) in [5, 5.41) is 9.30. The number of hydrogen-bond donors (Lipinski definition) is 1. The lowest BCUT2D eigenvalue weighted by Gasteiger charge is -2.13. The van der Waals surface area contributed by atoms with Crippen LogP contribution in [0, 0.1) is 0 Å². The maximum atomic E-state index is 9.30. The van der Waals surface area contributed by atoms with Crippen LogP contribution >= 0.6 is 0 Å². The molecule has 1 atom stereocenters. The van der Waals surface area contributed by atoms with Crippen molar-refractivity contribution in [3.63, 3.8) is 0 Å². The number of aromatic hydroxyl groups is 1. The summed E-state index contributed by atoms with van der Waals surface area (Å²) in [5.41, 5.74) is 0.867. The number of aromatic nitrogens is 1. The van der Waals surface area contributed by atoms with Crippen molar-refractivity contribution in [3.8, 4) is 11.5 Å². The Morgan fingerprint density at radius 3 is 2.75 bits per heavy atom. The predicted molar refractivity (Wildman–Crippen MR) is 61.4 cm³/mol. The monoisotopic (exact) mass is 215 g/mol. The van der Waals surface area contributed by atoms with E-state index in [1.807, 2.05) is 25.1 Å². The number of hydrogen-bond acceptors (Lipinski definition) is 3. The van der Waals surface area contributed by atoms with E-state index < -0.39 is 0 Å². The smallest absolute Gasteiger partial charge is 0.138 e. The third kappa shape index (κ3) is 2.51. The zero-order valence-corrected chi connectivity index (χ0v) is 9.00. The minimum absolute atomic E-state index is 0.136. The third-order valence-electron chi connectivity index (χ3n) is 2.23. The highest BCUT2D eigenvalue weighted by molar-refractivity contribution is 5.32. The molecule has 2 rings (SSSR count). The molecule has 0 radical (unpaired) electrons. The first-order valence-corrected chi connectivity index (χ1v) is 5.12. The molecule has 3 nitrogen and oxygen atoms in total. The van der Waals surface area contributed by atoms with Crippen LogP contribution in [0.15, 0.2) is 48.7 Å². The van der Waals surface area contributed by atoms with Gasteiger partial charge in [0.25, 0.3) is 0 Å². The van der Waals surface area contributed by atoms with Crippen LogP contribution in [0.2, 0.25) is 0 Å². The molecule has 1 aromatic carbocycles. The van der Waals surface area contributed by atoms with Gasteiger partial charge in [0.1, 0.15) is 17.6 Å². The van der Waals surface area contributed by atoms with Crippen molar-refractivity contribution in [1.82, 2.24) is 4.98 Å². The van der Waals surface area contributed by atoms with E-state index in [1.165, 1.54) is 0 Å². The van der Waals surface area contributed by atoms with Gasteiger partial charge in [0, 0.05) is 12.3 Å². The van der Waals surface area contributed by atoms with Gasteiger partial charge >= 0.3 is 0 Å². The summed E-state index contributed by atoms with van der Waals surface area (Å²) >= 11 is 0. The minimum atomic E-state index is -0.136. The molecule has 0 saturated heterocycles. The summed E-state index contributed by atoms with van der Waals surface area (Å²) in [6, 6.07) is 12.4. The summed E-state index contributed by atoms with van der Waals surface area (Å²) in [4.78, 5) is 4.21. The van der Waals surface area contributed by atoms with Gasteiger partial charge in [0.05, 0.1) is 5.69 Å². The zero-order valence-electron chi connectivity index (χ0n) is 9.00. The number of rotatable bonds is 3. The average molecular weight is 215 g/mol. The molecule has 3 heteroatoms. The molecule has 1 aromatic heterocycles. The van der Waals surface area contributed by atoms with Crippen LogP contribution in [0.25, 0.3) is 0 Å². The molecule has 1 heterocycles. The molecule has 0 aliphatic carbocycles. The van der Waals surface area contributed by atoms with Crippen molar-refractivity contribution in [1.29, 1.82) is 0 Å². The lowest BCUT2D eigenvalue weighted by atomic mass is 10.2. The molecule has 0 fully saturated rings. The van der Waals surface area contributed by atoms with Gasteiger partial charge in [0.2, 0.25) is 0 Å². The van der Waals surface area contributed by atoms with E-state index in [0.717, 1.165) is 5.69 Å². The largest absolute Gasteiger partial charge is 0.508 e. The molecule has 1 N–H and O–H groups in total. The van der Waals surface area contributed by atoms with Crippen molar-refractivity contribution < 1.29 is 9.84 Å². The Bertz CT molecular complexity index is 456. The van der Waals surface area contributed by atoms with Crippen LogP contribution in [0.5, 0.6) is 11.5 Å². The highest BCUT2D eigenvalue weighted by atomic mass is 16.5. The Morgan fingerprint density at radius 1 is 1.19 bits per heavy atom. The van der Waals surface area contributed by atoms with Crippen LogP contribution in [0.3, 0.4) is 0 Å². The van der Waals surface area contributed by atoms with Crippen LogP contribution in [-0.2, 0) is 0 Å². The minimum Gasteiger partial charge on any atom is -0.508 e. The quantitative estimate of drug-likeness (QED) is 0.855. The third-order valence-corrected chi connectivity index (χ3v) is 2.23. The second-order valence-electron chi connectivity index (χ2n) is 3.51. The number of phenolic OH excluding ortho intramolecular Hbond substituents is 1. The van der Waals surface area contributed by atoms with E-state index in [9.17, 15) is 5.11 Å². The normalized spacial score (nSPS) is 12.1. The second-order valence-corrected chi connectivity index (χ2v) is 3.51. The van der Waals surface area contributed by atoms with Gasteiger partial charge in [-0.25, -0.2) is 0 Å². The van der Waals surface area contributed by atoms with Gasteiger partial charge in [-0.1, -0.05) is 12.1 Å². The number of ether oxygens (including phenoxy) is 1. The summed E-state index contributed by atoms with van der Waals surface area (Å²) in [5.74, 6) is 0.837. The summed E-state index contributed by atoms with van der Waals surface area (Å²) < 4.78 is 5.66. The lowest BCUT2D eigenvalue weighted by Crippen LogP contribution is -2.04. The van der Waals surface area contributed by atoms with Gasteiger partial charge in [0.15, 0.2) is 0 Å². The number of benzene rings is 1. The highest BCUT2D eigenvalue weighted by Gasteiger charge is 2.07. The molecule has 0 bridgehead atoms. The van der Waals surface area contributed by atoms with E-state index in [-0.39, 0.29) is 11.9 Å². The zero-order chi connectivity index (χ0) is 11.4. The SMILES string of the molecule is CC(Oc1cccc(O)c1)c1ccccn1. The van der Waals surface area contributed by atoms with Gasteiger partial charge in [-0.3, -0.25) is 4.98 Å². The summed E-state index contributed by atoms with van der Waals surface area (Å²) in [7, 11) is 0. The van der Waals surface area contributed by atoms with E-state index in [4.69, 9.17) is 4.74 Å². The Labute approximate surface area is 94.3 Å². The standard InChI is InChI=1S/C13H13NO2/c1-10(13-7-2-3-8-14-13)16-12-6-4-5-11(15)9-12/h2-10,15H,1H3. The molecule has 1 unspecified atom stereocenters. The maximum Gasteiger partial charge on any atom is 0.138 e. The Balaban J connectivity index is 2.11. The van der Waals surface area contributed by atoms with E-state index in [2.05, 4.69) is 4.98 Å². The van der Waals surface area contributed by atoms with Crippen molar-refractivity contribution >= 4 is 0 Å². The number of nitrogens with zero attached hydrogens (tertiary/aromatic N) is 1. The van der Waals surface area contributed by atoms with Crippen LogP contribution in [0.1, 0.15) is 18.7 Å². The molecule has 82 valence electrons. The van der Waals surface area contributed by atoms with E-state index >= 15 is 0 Å². The first-order chi connectivity index (χ1) is 7.75. The number of pyridine rings is 1. The van der Waals surface area contributed by atoms with Crippen LogP contribution in [-0.4, -0.2) is 10.1 Å². The molecular formula is C13H13NO2. The van der Waals surface area contributed by atoms with Gasteiger partial charge in [-0.2, -0.15) is 0 Å². The number of phenols is 1. The molecule has 2 aromatic rings. The fourth-order valence-electron chi connectivity index (χ4n) is 1.44. The van der Waals surface area contributed by atoms with Crippen LogP contribution < -0.4 is 4.74 Å². The predicted octanol–water partition coefficient (Wildman–Crippen LogP) is 2.93. The Morgan fingerprint density at radius 2 is 2.06 bits per heavy atom. The van der Waals surface area contributed by atoms with Crippen LogP contribution in [0.4, 0.5) is 0 Å².